The van der Waals surface area contributed by atoms with Gasteiger partial charge >= 0.3 is 0 Å². The van der Waals surface area contributed by atoms with Gasteiger partial charge in [-0.25, -0.2) is 0 Å². The molecule has 0 atom stereocenters. The van der Waals surface area contributed by atoms with E-state index in [9.17, 15) is 0 Å². The van der Waals surface area contributed by atoms with Gasteiger partial charge in [0.1, 0.15) is 0 Å². The summed E-state index contributed by atoms with van der Waals surface area (Å²) in [5.74, 6) is 0. The minimum Gasteiger partial charge on any atom is -0.310 e. The molecule has 0 bridgehead atoms. The number of allylic oxidation sites excluding steroid dienone is 1. The van der Waals surface area contributed by atoms with Crippen LogP contribution in [-0.4, -0.2) is 0 Å². The summed E-state index contributed by atoms with van der Waals surface area (Å²) in [5.41, 5.74) is 13.0. The first-order valence-corrected chi connectivity index (χ1v) is 21.5. The maximum atomic E-state index is 2.37. The van der Waals surface area contributed by atoms with Crippen LogP contribution in [0.4, 0.5) is 34.1 Å². The minimum atomic E-state index is 1.12. The van der Waals surface area contributed by atoms with Crippen LogP contribution in [0.1, 0.15) is 16.9 Å². The molecule has 0 spiro atoms. The summed E-state index contributed by atoms with van der Waals surface area (Å²) in [4.78, 5) is 6.23. The van der Waals surface area contributed by atoms with E-state index in [4.69, 9.17) is 0 Å². The monoisotopic (exact) mass is 778 g/mol. The van der Waals surface area contributed by atoms with Gasteiger partial charge in [0.05, 0.1) is 0 Å². The Morgan fingerprint density at radius 3 is 1.47 bits per heavy atom. The Kier molecular flexibility index (Phi) is 8.72. The predicted octanol–water partition coefficient (Wildman–Crippen LogP) is 16.5. The fraction of sp³-hybridized carbons (Fsp3) is 0.0370. The van der Waals surface area contributed by atoms with E-state index in [0.29, 0.717) is 0 Å². The number of hydrogen-bond acceptors (Lipinski definition) is 4. The molecule has 8 aromatic carbocycles. The summed E-state index contributed by atoms with van der Waals surface area (Å²) in [5, 5.41) is 3.95. The average Bonchev–Trinajstić information content (AvgIpc) is 3.86. The second-order valence-electron chi connectivity index (χ2n) is 14.9. The Hall–Kier alpha value is -6.72. The Bertz CT molecular complexity index is 3100. The van der Waals surface area contributed by atoms with Gasteiger partial charge in [-0.3, -0.25) is 0 Å². The normalized spacial score (nSPS) is 12.3. The van der Waals surface area contributed by atoms with Crippen molar-refractivity contribution in [2.24, 2.45) is 0 Å². The highest BCUT2D eigenvalue weighted by atomic mass is 32.1. The SMILES string of the molecule is C1=Cc2c(sc3ccc(N(c4ccccc4)c4ccc(-c5cccc(-c6ccc(N(c7ccccc7)c7ccc8sc9ccccc9c8c7)cc6)c5)cc4)cc23)CC1. The molecule has 2 nitrogen and oxygen atoms in total. The molecule has 1 aliphatic carbocycles. The van der Waals surface area contributed by atoms with Crippen molar-refractivity contribution < 1.29 is 0 Å². The summed E-state index contributed by atoms with van der Waals surface area (Å²) < 4.78 is 3.99. The first-order valence-electron chi connectivity index (χ1n) is 19.9. The fourth-order valence-corrected chi connectivity index (χ4v) is 10.7. The van der Waals surface area contributed by atoms with Gasteiger partial charge in [-0.1, -0.05) is 109 Å². The van der Waals surface area contributed by atoms with Crippen molar-refractivity contribution >= 4 is 93.1 Å². The second kappa shape index (κ2) is 14.7. The number of fused-ring (bicyclic) bond motifs is 6. The molecule has 0 radical (unpaired) electrons. The lowest BCUT2D eigenvalue weighted by molar-refractivity contribution is 1.02. The van der Waals surface area contributed by atoms with E-state index >= 15 is 0 Å². The zero-order valence-corrected chi connectivity index (χ0v) is 33.4. The number of anilines is 6. The number of aryl methyl sites for hydroxylation is 1. The molecule has 276 valence electrons. The third-order valence-electron chi connectivity index (χ3n) is 11.3. The Morgan fingerprint density at radius 2 is 0.845 bits per heavy atom. The van der Waals surface area contributed by atoms with Gasteiger partial charge in [0.2, 0.25) is 0 Å². The van der Waals surface area contributed by atoms with Crippen molar-refractivity contribution in [3.05, 3.63) is 211 Å². The van der Waals surface area contributed by atoms with Gasteiger partial charge in [-0.05, 0) is 138 Å². The number of benzene rings is 8. The molecule has 0 aliphatic heterocycles. The maximum absolute atomic E-state index is 2.37. The van der Waals surface area contributed by atoms with Crippen LogP contribution in [0, 0.1) is 0 Å². The molecule has 0 saturated carbocycles. The fourth-order valence-electron chi connectivity index (χ4n) is 8.46. The molecule has 0 saturated heterocycles. The van der Waals surface area contributed by atoms with E-state index in [2.05, 4.69) is 216 Å². The molecule has 1 aliphatic rings. The van der Waals surface area contributed by atoms with Crippen molar-refractivity contribution in [3.63, 3.8) is 0 Å². The van der Waals surface area contributed by atoms with Crippen LogP contribution in [-0.2, 0) is 6.42 Å². The molecule has 2 heterocycles. The molecule has 10 aromatic rings. The van der Waals surface area contributed by atoms with E-state index < -0.39 is 0 Å². The zero-order chi connectivity index (χ0) is 38.4. The van der Waals surface area contributed by atoms with Crippen molar-refractivity contribution in [2.75, 3.05) is 9.80 Å². The Labute approximate surface area is 346 Å². The van der Waals surface area contributed by atoms with Crippen molar-refractivity contribution in [3.8, 4) is 22.3 Å². The van der Waals surface area contributed by atoms with Crippen LogP contribution in [0.3, 0.4) is 0 Å². The van der Waals surface area contributed by atoms with Crippen LogP contribution in [0.5, 0.6) is 0 Å². The topological polar surface area (TPSA) is 6.48 Å². The van der Waals surface area contributed by atoms with E-state index in [1.165, 1.54) is 68.6 Å². The van der Waals surface area contributed by atoms with E-state index in [1.807, 2.05) is 22.7 Å². The van der Waals surface area contributed by atoms with Crippen LogP contribution < -0.4 is 9.80 Å². The average molecular weight is 779 g/mol. The molecular formula is C54H38N2S2. The summed E-state index contributed by atoms with van der Waals surface area (Å²) in [7, 11) is 0. The number of nitrogens with zero attached hydrogens (tertiary/aromatic N) is 2. The molecular weight excluding hydrogens is 741 g/mol. The summed E-state index contributed by atoms with van der Waals surface area (Å²) in [6, 6.07) is 70.8. The largest absolute Gasteiger partial charge is 0.310 e. The number of thiophene rings is 2. The number of rotatable bonds is 8. The van der Waals surface area contributed by atoms with E-state index in [-0.39, 0.29) is 0 Å². The standard InChI is InChI=1S/C54H38N2S2/c1-3-14-41(15-4-1)55(45-30-32-53-49(35-45)47-18-7-9-20-51(47)57-53)43-26-22-37(23-27-43)39-12-11-13-40(34-39)38-24-28-44(29-25-38)56(42-16-5-2-6-17-42)46-31-33-54-50(36-46)48-19-8-10-21-52(48)58-54/h1-9,11-20,22-36H,10,21H2. The lowest BCUT2D eigenvalue weighted by Crippen LogP contribution is -2.09. The van der Waals surface area contributed by atoms with Crippen molar-refractivity contribution in [2.45, 2.75) is 12.8 Å². The summed E-state index contributed by atoms with van der Waals surface area (Å²) >= 11 is 3.79. The Morgan fingerprint density at radius 1 is 0.345 bits per heavy atom. The minimum absolute atomic E-state index is 1.12. The molecule has 0 amide bonds. The first-order chi connectivity index (χ1) is 28.7. The lowest BCUT2D eigenvalue weighted by atomic mass is 9.98. The molecule has 0 fully saturated rings. The van der Waals surface area contributed by atoms with Gasteiger partial charge in [-0.2, -0.15) is 0 Å². The third kappa shape index (κ3) is 6.28. The quantitative estimate of drug-likeness (QED) is 0.152. The summed E-state index contributed by atoms with van der Waals surface area (Å²) in [6.07, 6.45) is 6.89. The number of para-hydroxylation sites is 2. The molecule has 0 N–H and O–H groups in total. The van der Waals surface area contributed by atoms with E-state index in [0.717, 1.165) is 41.3 Å². The van der Waals surface area contributed by atoms with Gasteiger partial charge in [0.25, 0.3) is 0 Å². The third-order valence-corrected chi connectivity index (χ3v) is 13.7. The van der Waals surface area contributed by atoms with Crippen LogP contribution >= 0.6 is 22.7 Å². The summed E-state index contributed by atoms with van der Waals surface area (Å²) in [6.45, 7) is 0. The van der Waals surface area contributed by atoms with Crippen LogP contribution in [0.25, 0.3) is 58.6 Å². The lowest BCUT2D eigenvalue weighted by Gasteiger charge is -2.26. The number of hydrogen-bond donors (Lipinski definition) is 0. The van der Waals surface area contributed by atoms with Gasteiger partial charge in [0.15, 0.2) is 0 Å². The molecule has 4 heteroatoms. The van der Waals surface area contributed by atoms with Gasteiger partial charge in [-0.15, -0.1) is 22.7 Å². The molecule has 58 heavy (non-hydrogen) atoms. The van der Waals surface area contributed by atoms with Gasteiger partial charge in [0, 0.05) is 69.3 Å². The van der Waals surface area contributed by atoms with E-state index in [1.54, 1.807) is 0 Å². The molecule has 11 rings (SSSR count). The predicted molar refractivity (Wildman–Crippen MR) is 252 cm³/mol. The second-order valence-corrected chi connectivity index (χ2v) is 17.1. The van der Waals surface area contributed by atoms with Crippen LogP contribution in [0.15, 0.2) is 200 Å². The highest BCUT2D eigenvalue weighted by Crippen LogP contribution is 2.43. The maximum Gasteiger partial charge on any atom is 0.0468 e. The Balaban J connectivity index is 0.904. The van der Waals surface area contributed by atoms with Crippen LogP contribution in [0.2, 0.25) is 0 Å². The zero-order valence-electron chi connectivity index (χ0n) is 31.8. The van der Waals surface area contributed by atoms with Crippen molar-refractivity contribution in [1.29, 1.82) is 0 Å². The molecule has 2 aromatic heterocycles. The van der Waals surface area contributed by atoms with Gasteiger partial charge < -0.3 is 9.80 Å². The highest BCUT2D eigenvalue weighted by molar-refractivity contribution is 7.25. The highest BCUT2D eigenvalue weighted by Gasteiger charge is 2.18. The molecule has 0 unspecified atom stereocenters. The first kappa shape index (κ1) is 34.5. The van der Waals surface area contributed by atoms with Crippen molar-refractivity contribution in [1.82, 2.24) is 0 Å². The smallest absolute Gasteiger partial charge is 0.0468 e.